The van der Waals surface area contributed by atoms with E-state index < -0.39 is 5.79 Å². The van der Waals surface area contributed by atoms with Crippen molar-refractivity contribution in [2.75, 3.05) is 0 Å². The molecular formula is C13H17NO2. The zero-order chi connectivity index (χ0) is 11.4. The van der Waals surface area contributed by atoms with Crippen LogP contribution >= 0.6 is 0 Å². The molecule has 1 unspecified atom stereocenters. The summed E-state index contributed by atoms with van der Waals surface area (Å²) < 4.78 is 10.7. The predicted octanol–water partition coefficient (Wildman–Crippen LogP) is 2.18. The second-order valence-electron chi connectivity index (χ2n) is 4.30. The van der Waals surface area contributed by atoms with Crippen molar-refractivity contribution in [1.82, 2.24) is 0 Å². The fraction of sp³-hybridized carbons (Fsp3) is 0.385. The maximum absolute atomic E-state index is 6.08. The van der Waals surface area contributed by atoms with Gasteiger partial charge in [0.15, 0.2) is 0 Å². The Kier molecular flexibility index (Phi) is 3.15. The smallest absolute Gasteiger partial charge is 0.248 e. The lowest BCUT2D eigenvalue weighted by Crippen LogP contribution is -2.36. The summed E-state index contributed by atoms with van der Waals surface area (Å²) >= 11 is 0. The summed E-state index contributed by atoms with van der Waals surface area (Å²) in [6, 6.07) is 10.2. The fourth-order valence-corrected chi connectivity index (χ4v) is 1.93. The van der Waals surface area contributed by atoms with E-state index in [0.29, 0.717) is 6.42 Å². The summed E-state index contributed by atoms with van der Waals surface area (Å²) in [7, 11) is 0. The average molecular weight is 219 g/mol. The molecule has 86 valence electrons. The van der Waals surface area contributed by atoms with Gasteiger partial charge >= 0.3 is 0 Å². The van der Waals surface area contributed by atoms with Gasteiger partial charge in [-0.3, -0.25) is 0 Å². The lowest BCUT2D eigenvalue weighted by atomic mass is 10.0. The van der Waals surface area contributed by atoms with Gasteiger partial charge in [-0.25, -0.2) is 0 Å². The van der Waals surface area contributed by atoms with Crippen molar-refractivity contribution < 1.29 is 9.47 Å². The molecule has 0 aromatic heterocycles. The van der Waals surface area contributed by atoms with Gasteiger partial charge in [-0.1, -0.05) is 30.3 Å². The van der Waals surface area contributed by atoms with Crippen molar-refractivity contribution in [2.24, 2.45) is 5.73 Å². The molecule has 2 N–H and O–H groups in total. The highest BCUT2D eigenvalue weighted by Crippen LogP contribution is 2.25. The zero-order valence-electron chi connectivity index (χ0n) is 9.43. The normalized spacial score (nSPS) is 18.9. The molecule has 1 atom stereocenters. The minimum absolute atomic E-state index is 0.0345. The van der Waals surface area contributed by atoms with Crippen LogP contribution < -0.4 is 5.73 Å². The Labute approximate surface area is 95.9 Å². The fourth-order valence-electron chi connectivity index (χ4n) is 1.93. The molecule has 0 aliphatic carbocycles. The highest BCUT2D eigenvalue weighted by Gasteiger charge is 2.31. The van der Waals surface area contributed by atoms with Crippen LogP contribution in [0, 0.1) is 0 Å². The molecule has 16 heavy (non-hydrogen) atoms. The van der Waals surface area contributed by atoms with Crippen molar-refractivity contribution in [3.63, 3.8) is 0 Å². The summed E-state index contributed by atoms with van der Waals surface area (Å²) in [4.78, 5) is 0. The summed E-state index contributed by atoms with van der Waals surface area (Å²) in [5, 5.41) is 0. The molecule has 0 fully saturated rings. The number of ether oxygens (including phenoxy) is 2. The van der Waals surface area contributed by atoms with E-state index in [1.54, 1.807) is 12.5 Å². The molecular weight excluding hydrogens is 202 g/mol. The molecule has 0 spiro atoms. The van der Waals surface area contributed by atoms with Crippen molar-refractivity contribution in [3.05, 3.63) is 48.4 Å². The van der Waals surface area contributed by atoms with Crippen LogP contribution in [-0.4, -0.2) is 11.8 Å². The van der Waals surface area contributed by atoms with E-state index in [1.165, 1.54) is 5.56 Å². The standard InChI is InChI=1S/C13H17NO2/c1-13(15-7-8-16-13)10-12(14)9-11-5-3-2-4-6-11/h2-8,12H,9-10,14H2,1H3. The second-order valence-corrected chi connectivity index (χ2v) is 4.30. The van der Waals surface area contributed by atoms with Crippen LogP contribution in [0.2, 0.25) is 0 Å². The first-order valence-electron chi connectivity index (χ1n) is 5.48. The molecule has 1 heterocycles. The summed E-state index contributed by atoms with van der Waals surface area (Å²) in [6.07, 6.45) is 4.64. The van der Waals surface area contributed by atoms with E-state index >= 15 is 0 Å². The molecule has 1 aromatic rings. The van der Waals surface area contributed by atoms with Gasteiger partial charge in [-0.15, -0.1) is 0 Å². The quantitative estimate of drug-likeness (QED) is 0.844. The Morgan fingerprint density at radius 2 is 1.81 bits per heavy atom. The molecule has 1 aromatic carbocycles. The third kappa shape index (κ3) is 2.76. The van der Waals surface area contributed by atoms with Gasteiger partial charge in [0.05, 0.1) is 0 Å². The van der Waals surface area contributed by atoms with Crippen LogP contribution in [0.4, 0.5) is 0 Å². The van der Waals surface area contributed by atoms with E-state index in [1.807, 2.05) is 25.1 Å². The third-order valence-electron chi connectivity index (χ3n) is 2.66. The van der Waals surface area contributed by atoms with E-state index in [4.69, 9.17) is 15.2 Å². The first-order chi connectivity index (χ1) is 7.68. The van der Waals surface area contributed by atoms with Crippen molar-refractivity contribution in [1.29, 1.82) is 0 Å². The molecule has 1 aliphatic rings. The molecule has 2 rings (SSSR count). The van der Waals surface area contributed by atoms with Gasteiger partial charge in [0.2, 0.25) is 5.79 Å². The topological polar surface area (TPSA) is 44.5 Å². The largest absolute Gasteiger partial charge is 0.457 e. The van der Waals surface area contributed by atoms with Crippen LogP contribution in [0.25, 0.3) is 0 Å². The number of rotatable bonds is 4. The summed E-state index contributed by atoms with van der Waals surface area (Å²) in [6.45, 7) is 1.90. The Morgan fingerprint density at radius 3 is 2.44 bits per heavy atom. The highest BCUT2D eigenvalue weighted by atomic mass is 16.7. The Morgan fingerprint density at radius 1 is 1.19 bits per heavy atom. The second kappa shape index (κ2) is 4.58. The maximum atomic E-state index is 6.08. The monoisotopic (exact) mass is 219 g/mol. The van der Waals surface area contributed by atoms with Crippen LogP contribution in [0.15, 0.2) is 42.9 Å². The number of hydrogen-bond acceptors (Lipinski definition) is 3. The van der Waals surface area contributed by atoms with Crippen molar-refractivity contribution in [2.45, 2.75) is 31.6 Å². The molecule has 0 bridgehead atoms. The first-order valence-corrected chi connectivity index (χ1v) is 5.48. The average Bonchev–Trinajstić information content (AvgIpc) is 2.66. The predicted molar refractivity (Wildman–Crippen MR) is 62.5 cm³/mol. The van der Waals surface area contributed by atoms with E-state index in [9.17, 15) is 0 Å². The Hall–Kier alpha value is -1.48. The van der Waals surface area contributed by atoms with Gasteiger partial charge in [0.1, 0.15) is 12.5 Å². The third-order valence-corrected chi connectivity index (χ3v) is 2.66. The molecule has 0 saturated carbocycles. The van der Waals surface area contributed by atoms with Gasteiger partial charge in [-0.05, 0) is 12.0 Å². The van der Waals surface area contributed by atoms with Gasteiger partial charge < -0.3 is 15.2 Å². The number of nitrogens with two attached hydrogens (primary N) is 1. The molecule has 3 heteroatoms. The maximum Gasteiger partial charge on any atom is 0.248 e. The van der Waals surface area contributed by atoms with Gasteiger partial charge in [0.25, 0.3) is 0 Å². The molecule has 0 saturated heterocycles. The Balaban J connectivity index is 1.87. The SMILES string of the molecule is CC1(CC(N)Cc2ccccc2)OC=CO1. The molecule has 3 nitrogen and oxygen atoms in total. The van der Waals surface area contributed by atoms with Crippen LogP contribution in [0.1, 0.15) is 18.9 Å². The van der Waals surface area contributed by atoms with Gasteiger partial charge in [-0.2, -0.15) is 0 Å². The summed E-state index contributed by atoms with van der Waals surface area (Å²) in [5.41, 5.74) is 7.32. The minimum Gasteiger partial charge on any atom is -0.457 e. The van der Waals surface area contributed by atoms with Crippen molar-refractivity contribution in [3.8, 4) is 0 Å². The highest BCUT2D eigenvalue weighted by molar-refractivity contribution is 5.15. The van der Waals surface area contributed by atoms with Crippen LogP contribution in [0.5, 0.6) is 0 Å². The molecule has 0 amide bonds. The van der Waals surface area contributed by atoms with E-state index in [-0.39, 0.29) is 6.04 Å². The van der Waals surface area contributed by atoms with E-state index in [2.05, 4.69) is 12.1 Å². The van der Waals surface area contributed by atoms with E-state index in [0.717, 1.165) is 6.42 Å². The van der Waals surface area contributed by atoms with Gasteiger partial charge in [0, 0.05) is 19.4 Å². The number of benzene rings is 1. The molecule has 0 radical (unpaired) electrons. The van der Waals surface area contributed by atoms with Crippen molar-refractivity contribution >= 4 is 0 Å². The Bertz CT molecular complexity index is 353. The first kappa shape index (κ1) is 11.0. The lowest BCUT2D eigenvalue weighted by Gasteiger charge is -2.26. The lowest BCUT2D eigenvalue weighted by molar-refractivity contribution is -0.133. The van der Waals surface area contributed by atoms with Crippen LogP contribution in [-0.2, 0) is 15.9 Å². The van der Waals surface area contributed by atoms with Crippen LogP contribution in [0.3, 0.4) is 0 Å². The number of hydrogen-bond donors (Lipinski definition) is 1. The minimum atomic E-state index is -0.589. The zero-order valence-corrected chi connectivity index (χ0v) is 9.43. The summed E-state index contributed by atoms with van der Waals surface area (Å²) in [5.74, 6) is -0.589. The molecule has 1 aliphatic heterocycles.